The molecule has 1 aliphatic heterocycles. The number of hydrogen-bond acceptors (Lipinski definition) is 4. The van der Waals surface area contributed by atoms with E-state index in [1.165, 1.54) is 11.8 Å². The summed E-state index contributed by atoms with van der Waals surface area (Å²) in [5.74, 6) is 0.586. The maximum absolute atomic E-state index is 12.8. The third kappa shape index (κ3) is 4.89. The molecule has 0 radical (unpaired) electrons. The average molecular weight is 388 g/mol. The summed E-state index contributed by atoms with van der Waals surface area (Å²) >= 11 is 0. The lowest BCUT2D eigenvalue weighted by Crippen LogP contribution is -2.41. The predicted octanol–water partition coefficient (Wildman–Crippen LogP) is 2.80. The second-order valence-corrected chi connectivity index (χ2v) is 9.25. The fourth-order valence-corrected chi connectivity index (χ4v) is 4.13. The van der Waals surface area contributed by atoms with Crippen molar-refractivity contribution in [2.75, 3.05) is 25.7 Å². The van der Waals surface area contributed by atoms with Crippen molar-refractivity contribution >= 4 is 15.7 Å². The first-order chi connectivity index (χ1) is 12.9. The fraction of sp³-hybridized carbons (Fsp3) is 0.381. The van der Waals surface area contributed by atoms with E-state index in [4.69, 9.17) is 4.74 Å². The van der Waals surface area contributed by atoms with Crippen molar-refractivity contribution in [3.63, 3.8) is 0 Å². The minimum Gasteiger partial charge on any atom is -0.497 e. The van der Waals surface area contributed by atoms with E-state index < -0.39 is 9.84 Å². The van der Waals surface area contributed by atoms with Crippen molar-refractivity contribution in [2.45, 2.75) is 25.3 Å². The van der Waals surface area contributed by atoms with Gasteiger partial charge in [-0.1, -0.05) is 36.4 Å². The molecule has 1 atom stereocenters. The number of sulfone groups is 1. The normalized spacial score (nSPS) is 16.7. The van der Waals surface area contributed by atoms with Gasteiger partial charge in [-0.05, 0) is 41.7 Å². The molecule has 1 amide bonds. The Morgan fingerprint density at radius 2 is 1.93 bits per heavy atom. The molecule has 1 unspecified atom stereocenters. The largest absolute Gasteiger partial charge is 0.497 e. The lowest BCUT2D eigenvalue weighted by molar-refractivity contribution is -0.133. The van der Waals surface area contributed by atoms with Crippen LogP contribution in [0.4, 0.5) is 0 Å². The molecule has 27 heavy (non-hydrogen) atoms. The van der Waals surface area contributed by atoms with Crippen LogP contribution in [0.5, 0.6) is 5.75 Å². The van der Waals surface area contributed by atoms with Crippen molar-refractivity contribution < 1.29 is 17.9 Å². The summed E-state index contributed by atoms with van der Waals surface area (Å²) in [5.41, 5.74) is 3.44. The Morgan fingerprint density at radius 3 is 2.59 bits per heavy atom. The smallest absolute Gasteiger partial charge is 0.224 e. The zero-order chi connectivity index (χ0) is 19.4. The number of carbonyl (C=O) groups excluding carboxylic acids is 1. The summed E-state index contributed by atoms with van der Waals surface area (Å²) in [4.78, 5) is 14.7. The van der Waals surface area contributed by atoms with E-state index in [0.29, 0.717) is 13.0 Å². The highest BCUT2D eigenvalue weighted by Crippen LogP contribution is 2.35. The standard InChI is InChI=1S/C21H25NO4S/c1-26-18-8-9-19-17(15-18)10-12-22(21(23)11-13-27(2,24)25)20(19)14-16-6-4-3-5-7-16/h3-9,15,20H,10-14H2,1-2H3. The molecule has 0 saturated heterocycles. The Morgan fingerprint density at radius 1 is 1.19 bits per heavy atom. The first-order valence-electron chi connectivity index (χ1n) is 9.05. The Bertz CT molecular complexity index is 909. The van der Waals surface area contributed by atoms with Crippen LogP contribution in [0.3, 0.4) is 0 Å². The number of ether oxygens (including phenoxy) is 1. The van der Waals surface area contributed by atoms with Gasteiger partial charge in [0.05, 0.1) is 18.9 Å². The lowest BCUT2D eigenvalue weighted by Gasteiger charge is -2.38. The number of carbonyl (C=O) groups is 1. The van der Waals surface area contributed by atoms with Crippen LogP contribution in [0.1, 0.15) is 29.2 Å². The van der Waals surface area contributed by atoms with Crippen LogP contribution in [0.2, 0.25) is 0 Å². The average Bonchev–Trinajstić information content (AvgIpc) is 2.66. The minimum atomic E-state index is -3.17. The maximum atomic E-state index is 12.8. The van der Waals surface area contributed by atoms with Gasteiger partial charge in [-0.25, -0.2) is 8.42 Å². The highest BCUT2D eigenvalue weighted by molar-refractivity contribution is 7.90. The third-order valence-corrected chi connectivity index (χ3v) is 5.93. The molecule has 144 valence electrons. The third-order valence-electron chi connectivity index (χ3n) is 4.99. The second-order valence-electron chi connectivity index (χ2n) is 6.99. The number of rotatable bonds is 6. The summed E-state index contributed by atoms with van der Waals surface area (Å²) < 4.78 is 28.3. The quantitative estimate of drug-likeness (QED) is 0.765. The number of benzene rings is 2. The minimum absolute atomic E-state index is 0.0234. The molecule has 1 heterocycles. The molecule has 0 aliphatic carbocycles. The molecule has 2 aromatic carbocycles. The van der Waals surface area contributed by atoms with Crippen LogP contribution in [-0.4, -0.2) is 44.9 Å². The van der Waals surface area contributed by atoms with E-state index >= 15 is 0 Å². The Labute approximate surface area is 160 Å². The zero-order valence-corrected chi connectivity index (χ0v) is 16.5. The van der Waals surface area contributed by atoms with Crippen LogP contribution in [0, 0.1) is 0 Å². The van der Waals surface area contributed by atoms with Gasteiger partial charge in [-0.15, -0.1) is 0 Å². The van der Waals surface area contributed by atoms with Gasteiger partial charge in [0.1, 0.15) is 15.6 Å². The molecule has 0 aromatic heterocycles. The summed E-state index contributed by atoms with van der Waals surface area (Å²) in [6, 6.07) is 15.9. The molecule has 5 nitrogen and oxygen atoms in total. The van der Waals surface area contributed by atoms with Crippen molar-refractivity contribution in [3.8, 4) is 5.75 Å². The molecule has 0 fully saturated rings. The number of hydrogen-bond donors (Lipinski definition) is 0. The first kappa shape index (κ1) is 19.4. The Hall–Kier alpha value is -2.34. The highest BCUT2D eigenvalue weighted by Gasteiger charge is 2.31. The van der Waals surface area contributed by atoms with Crippen LogP contribution >= 0.6 is 0 Å². The molecule has 3 rings (SSSR count). The fourth-order valence-electron chi connectivity index (χ4n) is 3.59. The highest BCUT2D eigenvalue weighted by atomic mass is 32.2. The Kier molecular flexibility index (Phi) is 5.85. The molecule has 0 spiro atoms. The van der Waals surface area contributed by atoms with Crippen molar-refractivity contribution in [2.24, 2.45) is 0 Å². The van der Waals surface area contributed by atoms with E-state index in [-0.39, 0.29) is 24.1 Å². The Balaban J connectivity index is 1.90. The monoisotopic (exact) mass is 387 g/mol. The van der Waals surface area contributed by atoms with Crippen LogP contribution < -0.4 is 4.74 Å². The molecule has 6 heteroatoms. The van der Waals surface area contributed by atoms with E-state index in [0.717, 1.165) is 23.3 Å². The van der Waals surface area contributed by atoms with Crippen molar-refractivity contribution in [1.29, 1.82) is 0 Å². The predicted molar refractivity (Wildman–Crippen MR) is 106 cm³/mol. The number of amides is 1. The SMILES string of the molecule is COc1ccc2c(c1)CCN(C(=O)CCS(C)(=O)=O)C2Cc1ccccc1. The second kappa shape index (κ2) is 8.13. The summed E-state index contributed by atoms with van der Waals surface area (Å²) in [7, 11) is -1.52. The van der Waals surface area contributed by atoms with Gasteiger partial charge in [-0.3, -0.25) is 4.79 Å². The molecule has 2 aromatic rings. The van der Waals surface area contributed by atoms with Gasteiger partial charge in [0, 0.05) is 19.2 Å². The summed E-state index contributed by atoms with van der Waals surface area (Å²) in [6.45, 7) is 0.584. The van der Waals surface area contributed by atoms with Gasteiger partial charge in [0.15, 0.2) is 0 Å². The van der Waals surface area contributed by atoms with Crippen molar-refractivity contribution in [1.82, 2.24) is 4.90 Å². The molecule has 0 N–H and O–H groups in total. The van der Waals surface area contributed by atoms with Gasteiger partial charge >= 0.3 is 0 Å². The first-order valence-corrected chi connectivity index (χ1v) is 11.1. The summed E-state index contributed by atoms with van der Waals surface area (Å²) in [5, 5.41) is 0. The van der Waals surface area contributed by atoms with Crippen molar-refractivity contribution in [3.05, 3.63) is 65.2 Å². The van der Waals surface area contributed by atoms with Crippen LogP contribution in [0.25, 0.3) is 0 Å². The summed E-state index contributed by atoms with van der Waals surface area (Å²) in [6.07, 6.45) is 2.63. The molecule has 0 saturated carbocycles. The molecule has 0 bridgehead atoms. The van der Waals surface area contributed by atoms with E-state index in [1.54, 1.807) is 7.11 Å². The van der Waals surface area contributed by atoms with Crippen LogP contribution in [-0.2, 0) is 27.5 Å². The maximum Gasteiger partial charge on any atom is 0.224 e. The van der Waals surface area contributed by atoms with E-state index in [2.05, 4.69) is 12.1 Å². The topological polar surface area (TPSA) is 63.7 Å². The van der Waals surface area contributed by atoms with Gasteiger partial charge in [-0.2, -0.15) is 0 Å². The number of nitrogens with zero attached hydrogens (tertiary/aromatic N) is 1. The number of fused-ring (bicyclic) bond motifs is 1. The van der Waals surface area contributed by atoms with E-state index in [9.17, 15) is 13.2 Å². The van der Waals surface area contributed by atoms with E-state index in [1.807, 2.05) is 41.3 Å². The van der Waals surface area contributed by atoms with Gasteiger partial charge in [0.25, 0.3) is 0 Å². The van der Waals surface area contributed by atoms with Gasteiger partial charge < -0.3 is 9.64 Å². The molecular weight excluding hydrogens is 362 g/mol. The number of methoxy groups -OCH3 is 1. The lowest BCUT2D eigenvalue weighted by atomic mass is 9.88. The molecule has 1 aliphatic rings. The zero-order valence-electron chi connectivity index (χ0n) is 15.7. The van der Waals surface area contributed by atoms with Crippen LogP contribution in [0.15, 0.2) is 48.5 Å². The van der Waals surface area contributed by atoms with Gasteiger partial charge in [0.2, 0.25) is 5.91 Å². The molecular formula is C21H25NO4S.